The monoisotopic (exact) mass is 536 g/mol. The third kappa shape index (κ3) is 5.15. The van der Waals surface area contributed by atoms with Crippen LogP contribution in [0.4, 0.5) is 27.6 Å². The van der Waals surface area contributed by atoms with Crippen LogP contribution in [0.3, 0.4) is 0 Å². The number of aryl methyl sites for hydroxylation is 2. The second-order valence-corrected chi connectivity index (χ2v) is 9.66. The molecule has 2 aromatic carbocycles. The summed E-state index contributed by atoms with van der Waals surface area (Å²) < 4.78 is 75.5. The summed E-state index contributed by atoms with van der Waals surface area (Å²) in [7, 11) is 1.61. The number of hydrogen-bond acceptors (Lipinski definition) is 5. The second kappa shape index (κ2) is 10.3. The average Bonchev–Trinajstić information content (AvgIpc) is 3.25. The first kappa shape index (κ1) is 26.9. The van der Waals surface area contributed by atoms with Gasteiger partial charge < -0.3 is 15.0 Å². The highest BCUT2D eigenvalue weighted by Gasteiger charge is 2.60. The maximum absolute atomic E-state index is 15.6. The number of aliphatic hydroxyl groups is 1. The van der Waals surface area contributed by atoms with Gasteiger partial charge in [-0.2, -0.15) is 13.2 Å². The van der Waals surface area contributed by atoms with Crippen LogP contribution in [0.2, 0.25) is 0 Å². The lowest BCUT2D eigenvalue weighted by Gasteiger charge is -2.39. The van der Waals surface area contributed by atoms with Crippen molar-refractivity contribution in [3.63, 3.8) is 0 Å². The Bertz CT molecular complexity index is 1420. The van der Waals surface area contributed by atoms with Crippen molar-refractivity contribution in [2.24, 2.45) is 7.05 Å². The lowest BCUT2D eigenvalue weighted by Crippen LogP contribution is -2.55. The van der Waals surface area contributed by atoms with Crippen molar-refractivity contribution >= 4 is 28.4 Å². The van der Waals surface area contributed by atoms with E-state index in [-0.39, 0.29) is 22.8 Å². The summed E-state index contributed by atoms with van der Waals surface area (Å²) in [6, 6.07) is 8.04. The third-order valence-corrected chi connectivity index (χ3v) is 7.45. The van der Waals surface area contributed by atoms with E-state index in [0.717, 1.165) is 12.1 Å². The Hall–Kier alpha value is -3.18. The molecule has 0 amide bonds. The van der Waals surface area contributed by atoms with Gasteiger partial charge in [0.05, 0.1) is 11.6 Å². The summed E-state index contributed by atoms with van der Waals surface area (Å²) in [5, 5.41) is 14.8. The quantitative estimate of drug-likeness (QED) is 0.203. The number of hydrogen-bond donors (Lipinski definition) is 2. The van der Waals surface area contributed by atoms with Crippen LogP contribution in [0.5, 0.6) is 0 Å². The van der Waals surface area contributed by atoms with Crippen LogP contribution in [0.15, 0.2) is 60.0 Å². The zero-order valence-electron chi connectivity index (χ0n) is 20.3. The molecule has 2 aromatic heterocycles. The number of nitrogens with zero attached hydrogens (tertiary/aromatic N) is 3. The minimum atomic E-state index is -5.20. The molecule has 5 nitrogen and oxygen atoms in total. The lowest BCUT2D eigenvalue weighted by molar-refractivity contribution is -0.256. The SMILES string of the molecule is CCc1c(F)ccc(C(Nc2cccc3nc(C)ccc23)[C@@](O)(CSc2nccn2C)C(F)(F)F)c1F. The second-order valence-electron chi connectivity index (χ2n) is 8.72. The van der Waals surface area contributed by atoms with E-state index >= 15 is 4.39 Å². The molecule has 2 heterocycles. The van der Waals surface area contributed by atoms with Gasteiger partial charge in [0.1, 0.15) is 11.6 Å². The van der Waals surface area contributed by atoms with Gasteiger partial charge in [-0.1, -0.05) is 30.8 Å². The zero-order chi connectivity index (χ0) is 27.0. The van der Waals surface area contributed by atoms with E-state index in [2.05, 4.69) is 15.3 Å². The Morgan fingerprint density at radius 3 is 2.51 bits per heavy atom. The van der Waals surface area contributed by atoms with Crippen molar-refractivity contribution in [2.45, 2.75) is 43.2 Å². The third-order valence-electron chi connectivity index (χ3n) is 6.22. The highest BCUT2D eigenvalue weighted by Crippen LogP contribution is 2.46. The van der Waals surface area contributed by atoms with Gasteiger partial charge in [-0.25, -0.2) is 13.8 Å². The van der Waals surface area contributed by atoms with Crippen molar-refractivity contribution in [1.82, 2.24) is 14.5 Å². The zero-order valence-corrected chi connectivity index (χ0v) is 21.1. The fourth-order valence-electron chi connectivity index (χ4n) is 4.15. The molecule has 1 unspecified atom stereocenters. The van der Waals surface area contributed by atoms with Gasteiger partial charge in [-0.3, -0.25) is 4.98 Å². The van der Waals surface area contributed by atoms with E-state index in [9.17, 15) is 22.7 Å². The Morgan fingerprint density at radius 2 is 1.86 bits per heavy atom. The van der Waals surface area contributed by atoms with E-state index < -0.39 is 40.8 Å². The number of thioether (sulfide) groups is 1. The summed E-state index contributed by atoms with van der Waals surface area (Å²) >= 11 is 0.679. The number of alkyl halides is 3. The Morgan fingerprint density at radius 1 is 1.11 bits per heavy atom. The maximum Gasteiger partial charge on any atom is 0.420 e. The Labute approximate surface area is 214 Å². The van der Waals surface area contributed by atoms with Gasteiger partial charge in [0.25, 0.3) is 0 Å². The normalized spacial score (nSPS) is 14.5. The molecule has 0 fully saturated rings. The van der Waals surface area contributed by atoms with Gasteiger partial charge in [-0.15, -0.1) is 0 Å². The van der Waals surface area contributed by atoms with Gasteiger partial charge in [0, 0.05) is 53.1 Å². The van der Waals surface area contributed by atoms with Gasteiger partial charge in [0.15, 0.2) is 10.8 Å². The number of halogens is 5. The predicted octanol–water partition coefficient (Wildman–Crippen LogP) is 6.36. The Balaban J connectivity index is 1.89. The number of imidazole rings is 1. The smallest absolute Gasteiger partial charge is 0.378 e. The molecule has 0 saturated carbocycles. The summed E-state index contributed by atoms with van der Waals surface area (Å²) in [4.78, 5) is 8.42. The summed E-state index contributed by atoms with van der Waals surface area (Å²) in [6.07, 6.45) is -2.30. The van der Waals surface area contributed by atoms with Crippen LogP contribution in [0.25, 0.3) is 10.9 Å². The molecule has 0 aliphatic heterocycles. The first-order valence-corrected chi connectivity index (χ1v) is 12.4. The van der Waals surface area contributed by atoms with E-state index in [1.807, 2.05) is 0 Å². The summed E-state index contributed by atoms with van der Waals surface area (Å²) in [5.41, 5.74) is -2.92. The molecule has 0 aliphatic rings. The standard InChI is InChI=1S/C26H25F5N4OS/c1-4-16-19(27)11-10-18(22(16)28)23(34-21-7-5-6-20-17(21)9-8-15(2)33-20)25(36,26(29,30)31)14-37-24-32-12-13-35(24)3/h5-13,23,34,36H,4,14H2,1-3H3/t23?,25-/m0/s1. The highest BCUT2D eigenvalue weighted by atomic mass is 32.2. The molecule has 37 heavy (non-hydrogen) atoms. The molecule has 0 radical (unpaired) electrons. The van der Waals surface area contributed by atoms with Gasteiger partial charge in [0.2, 0.25) is 0 Å². The molecular weight excluding hydrogens is 511 g/mol. The largest absolute Gasteiger partial charge is 0.420 e. The maximum atomic E-state index is 15.6. The molecule has 196 valence electrons. The first-order chi connectivity index (χ1) is 17.5. The number of rotatable bonds is 8. The van der Waals surface area contributed by atoms with Crippen LogP contribution in [0.1, 0.15) is 29.8 Å². The predicted molar refractivity (Wildman–Crippen MR) is 134 cm³/mol. The fraction of sp³-hybridized carbons (Fsp3) is 0.308. The van der Waals surface area contributed by atoms with E-state index in [0.29, 0.717) is 28.4 Å². The molecule has 0 saturated heterocycles. The van der Waals surface area contributed by atoms with Crippen molar-refractivity contribution in [1.29, 1.82) is 0 Å². The van der Waals surface area contributed by atoms with Crippen LogP contribution in [-0.2, 0) is 13.5 Å². The summed E-state index contributed by atoms with van der Waals surface area (Å²) in [6.45, 7) is 3.28. The number of benzene rings is 2. The van der Waals surface area contributed by atoms with Crippen molar-refractivity contribution in [3.8, 4) is 0 Å². The fourth-order valence-corrected chi connectivity index (χ4v) is 5.23. The Kier molecular flexibility index (Phi) is 7.48. The van der Waals surface area contributed by atoms with Crippen LogP contribution in [0, 0.1) is 18.6 Å². The molecule has 0 aliphatic carbocycles. The molecule has 0 spiro atoms. The summed E-state index contributed by atoms with van der Waals surface area (Å²) in [5.74, 6) is -2.91. The van der Waals surface area contributed by atoms with Crippen LogP contribution in [-0.4, -0.2) is 37.2 Å². The van der Waals surface area contributed by atoms with Crippen molar-refractivity contribution < 1.29 is 27.1 Å². The van der Waals surface area contributed by atoms with Gasteiger partial charge in [-0.05, 0) is 43.7 Å². The van der Waals surface area contributed by atoms with Crippen molar-refractivity contribution in [3.05, 3.63) is 83.3 Å². The average molecular weight is 537 g/mol. The van der Waals surface area contributed by atoms with Crippen LogP contribution >= 0.6 is 11.8 Å². The molecule has 4 aromatic rings. The molecule has 2 N–H and O–H groups in total. The number of anilines is 1. The van der Waals surface area contributed by atoms with E-state index in [4.69, 9.17) is 0 Å². The molecule has 11 heteroatoms. The molecule has 2 atom stereocenters. The van der Waals surface area contributed by atoms with Crippen molar-refractivity contribution in [2.75, 3.05) is 11.1 Å². The van der Waals surface area contributed by atoms with Gasteiger partial charge >= 0.3 is 6.18 Å². The number of nitrogens with one attached hydrogen (secondary N) is 1. The number of fused-ring (bicyclic) bond motifs is 1. The lowest BCUT2D eigenvalue weighted by atomic mass is 9.87. The minimum absolute atomic E-state index is 0.0812. The van der Waals surface area contributed by atoms with E-state index in [1.165, 1.54) is 23.8 Å². The number of aromatic nitrogens is 3. The first-order valence-electron chi connectivity index (χ1n) is 11.4. The molecule has 0 bridgehead atoms. The van der Waals surface area contributed by atoms with Crippen LogP contribution < -0.4 is 5.32 Å². The molecular formula is C26H25F5N4OS. The minimum Gasteiger partial charge on any atom is -0.378 e. The number of pyridine rings is 1. The topological polar surface area (TPSA) is 63.0 Å². The van der Waals surface area contributed by atoms with E-state index in [1.54, 1.807) is 44.4 Å². The highest BCUT2D eigenvalue weighted by molar-refractivity contribution is 7.99. The molecule has 4 rings (SSSR count).